The van der Waals surface area contributed by atoms with Crippen molar-refractivity contribution in [3.05, 3.63) is 30.1 Å². The largest absolute Gasteiger partial charge is 0.384 e. The molecule has 0 aromatic carbocycles. The number of nitrogens with zero attached hydrogens (tertiary/aromatic N) is 1. The molecule has 0 saturated heterocycles. The molecule has 2 atom stereocenters. The zero-order valence-electron chi connectivity index (χ0n) is 10.8. The van der Waals surface area contributed by atoms with Crippen molar-refractivity contribution in [1.82, 2.24) is 10.3 Å². The van der Waals surface area contributed by atoms with Gasteiger partial charge < -0.3 is 10.1 Å². The number of nitrogens with one attached hydrogen (secondary N) is 1. The van der Waals surface area contributed by atoms with E-state index in [2.05, 4.69) is 10.3 Å². The zero-order chi connectivity index (χ0) is 12.8. The maximum Gasteiger partial charge on any atom is 0.270 e. The number of ether oxygens (including phenoxy) is 1. The summed E-state index contributed by atoms with van der Waals surface area (Å²) in [6.45, 7) is 0.715. The van der Waals surface area contributed by atoms with E-state index in [0.29, 0.717) is 18.2 Å². The number of carbonyl (C=O) groups is 1. The number of methoxy groups -OCH3 is 1. The summed E-state index contributed by atoms with van der Waals surface area (Å²) in [5.41, 5.74) is 0.485. The van der Waals surface area contributed by atoms with E-state index >= 15 is 0 Å². The number of pyridine rings is 1. The molecule has 1 N–H and O–H groups in total. The van der Waals surface area contributed by atoms with Crippen molar-refractivity contribution in [1.29, 1.82) is 0 Å². The molecule has 18 heavy (non-hydrogen) atoms. The van der Waals surface area contributed by atoms with Crippen LogP contribution in [0.25, 0.3) is 0 Å². The molecule has 1 heterocycles. The van der Waals surface area contributed by atoms with Crippen LogP contribution in [-0.2, 0) is 4.74 Å². The van der Waals surface area contributed by atoms with Crippen LogP contribution in [0.3, 0.4) is 0 Å². The third-order valence-electron chi connectivity index (χ3n) is 3.50. The summed E-state index contributed by atoms with van der Waals surface area (Å²) in [4.78, 5) is 16.1. The van der Waals surface area contributed by atoms with E-state index in [1.165, 1.54) is 12.8 Å². The van der Waals surface area contributed by atoms with Gasteiger partial charge in [-0.15, -0.1) is 0 Å². The van der Waals surface area contributed by atoms with E-state index < -0.39 is 0 Å². The maximum absolute atomic E-state index is 12.0. The molecule has 0 unspecified atom stereocenters. The summed E-state index contributed by atoms with van der Waals surface area (Å²) in [6.07, 6.45) is 6.20. The third kappa shape index (κ3) is 3.29. The predicted octanol–water partition coefficient (Wildman–Crippen LogP) is 2.02. The van der Waals surface area contributed by atoms with Gasteiger partial charge >= 0.3 is 0 Å². The van der Waals surface area contributed by atoms with E-state index in [1.54, 1.807) is 19.4 Å². The average molecular weight is 248 g/mol. The Hall–Kier alpha value is -1.42. The Morgan fingerprint density at radius 2 is 2.28 bits per heavy atom. The first-order chi connectivity index (χ1) is 8.81. The molecule has 1 fully saturated rings. The van der Waals surface area contributed by atoms with E-state index in [-0.39, 0.29) is 11.9 Å². The molecule has 0 radical (unpaired) electrons. The smallest absolute Gasteiger partial charge is 0.270 e. The molecule has 2 rings (SSSR count). The van der Waals surface area contributed by atoms with Crippen LogP contribution in [0.15, 0.2) is 24.4 Å². The normalized spacial score (nSPS) is 23.6. The molecule has 98 valence electrons. The molecule has 1 aliphatic carbocycles. The van der Waals surface area contributed by atoms with Gasteiger partial charge in [-0.2, -0.15) is 0 Å². The molecular formula is C14H20N2O2. The molecule has 1 amide bonds. The molecule has 4 heteroatoms. The highest BCUT2D eigenvalue weighted by atomic mass is 16.5. The minimum atomic E-state index is -0.0800. The fourth-order valence-electron chi connectivity index (χ4n) is 2.55. The number of carbonyl (C=O) groups excluding carboxylic acids is 1. The molecule has 0 spiro atoms. The van der Waals surface area contributed by atoms with Gasteiger partial charge in [0.1, 0.15) is 5.69 Å². The molecule has 1 aromatic rings. The number of aromatic nitrogens is 1. The second-order valence-corrected chi connectivity index (χ2v) is 4.79. The standard InChI is InChI=1S/C14H20N2O2/c1-18-10-11-6-2-3-7-12(11)16-14(17)13-8-4-5-9-15-13/h4-5,8-9,11-12H,2-3,6-7,10H2,1H3,(H,16,17)/t11-,12+/m0/s1. The van der Waals surface area contributed by atoms with Gasteiger partial charge in [0.15, 0.2) is 0 Å². The zero-order valence-corrected chi connectivity index (χ0v) is 10.8. The highest BCUT2D eigenvalue weighted by molar-refractivity contribution is 5.92. The molecular weight excluding hydrogens is 228 g/mol. The van der Waals surface area contributed by atoms with Crippen molar-refractivity contribution in [2.24, 2.45) is 5.92 Å². The van der Waals surface area contributed by atoms with Crippen LogP contribution in [0.5, 0.6) is 0 Å². The highest BCUT2D eigenvalue weighted by Crippen LogP contribution is 2.24. The van der Waals surface area contributed by atoms with Gasteiger partial charge in [0, 0.05) is 25.3 Å². The number of rotatable bonds is 4. The SMILES string of the molecule is COC[C@@H]1CCCC[C@H]1NC(=O)c1ccccn1. The van der Waals surface area contributed by atoms with Gasteiger partial charge in [0.05, 0.1) is 6.61 Å². The lowest BCUT2D eigenvalue weighted by molar-refractivity contribution is 0.0813. The van der Waals surface area contributed by atoms with E-state index in [1.807, 2.05) is 12.1 Å². The van der Waals surface area contributed by atoms with Gasteiger partial charge in [-0.25, -0.2) is 0 Å². The van der Waals surface area contributed by atoms with Crippen LogP contribution in [0, 0.1) is 5.92 Å². The summed E-state index contributed by atoms with van der Waals surface area (Å²) in [7, 11) is 1.71. The minimum absolute atomic E-state index is 0.0800. The van der Waals surface area contributed by atoms with Crippen LogP contribution >= 0.6 is 0 Å². The van der Waals surface area contributed by atoms with Gasteiger partial charge in [-0.05, 0) is 25.0 Å². The average Bonchev–Trinajstić information content (AvgIpc) is 2.42. The summed E-state index contributed by atoms with van der Waals surface area (Å²) < 4.78 is 5.23. The van der Waals surface area contributed by atoms with Crippen LogP contribution < -0.4 is 5.32 Å². The Morgan fingerprint density at radius 1 is 1.44 bits per heavy atom. The number of amides is 1. The van der Waals surface area contributed by atoms with E-state index in [4.69, 9.17) is 4.74 Å². The lowest BCUT2D eigenvalue weighted by Gasteiger charge is -2.31. The third-order valence-corrected chi connectivity index (χ3v) is 3.50. The Morgan fingerprint density at radius 3 is 3.00 bits per heavy atom. The van der Waals surface area contributed by atoms with Crippen molar-refractivity contribution in [3.8, 4) is 0 Å². The topological polar surface area (TPSA) is 51.2 Å². The molecule has 1 aromatic heterocycles. The Labute approximate surface area is 108 Å². The fourth-order valence-corrected chi connectivity index (χ4v) is 2.55. The second-order valence-electron chi connectivity index (χ2n) is 4.79. The van der Waals surface area contributed by atoms with Gasteiger partial charge in [0.25, 0.3) is 5.91 Å². The van der Waals surface area contributed by atoms with E-state index in [9.17, 15) is 4.79 Å². The molecule has 4 nitrogen and oxygen atoms in total. The molecule has 1 aliphatic rings. The summed E-state index contributed by atoms with van der Waals surface area (Å²) in [6, 6.07) is 5.59. The Balaban J connectivity index is 1.96. The number of hydrogen-bond donors (Lipinski definition) is 1. The fraction of sp³-hybridized carbons (Fsp3) is 0.571. The first kappa shape index (κ1) is 13.0. The van der Waals surface area contributed by atoms with E-state index in [0.717, 1.165) is 12.8 Å². The molecule has 0 aliphatic heterocycles. The second kappa shape index (κ2) is 6.50. The summed E-state index contributed by atoms with van der Waals surface area (Å²) in [5.74, 6) is 0.347. The highest BCUT2D eigenvalue weighted by Gasteiger charge is 2.26. The lowest BCUT2D eigenvalue weighted by Crippen LogP contribution is -2.43. The van der Waals surface area contributed by atoms with Crippen LogP contribution in [0.1, 0.15) is 36.2 Å². The Bertz CT molecular complexity index is 379. The van der Waals surface area contributed by atoms with Gasteiger partial charge in [-0.3, -0.25) is 9.78 Å². The van der Waals surface area contributed by atoms with Gasteiger partial charge in [0.2, 0.25) is 0 Å². The monoisotopic (exact) mass is 248 g/mol. The quantitative estimate of drug-likeness (QED) is 0.887. The number of hydrogen-bond acceptors (Lipinski definition) is 3. The first-order valence-corrected chi connectivity index (χ1v) is 6.52. The minimum Gasteiger partial charge on any atom is -0.384 e. The van der Waals surface area contributed by atoms with Crippen LogP contribution in [0.4, 0.5) is 0 Å². The molecule has 0 bridgehead atoms. The summed E-state index contributed by atoms with van der Waals surface area (Å²) >= 11 is 0. The summed E-state index contributed by atoms with van der Waals surface area (Å²) in [5, 5.41) is 3.09. The van der Waals surface area contributed by atoms with Crippen molar-refractivity contribution in [2.75, 3.05) is 13.7 Å². The predicted molar refractivity (Wildman–Crippen MR) is 69.3 cm³/mol. The first-order valence-electron chi connectivity index (χ1n) is 6.52. The van der Waals surface area contributed by atoms with Crippen molar-refractivity contribution in [3.63, 3.8) is 0 Å². The van der Waals surface area contributed by atoms with Crippen molar-refractivity contribution >= 4 is 5.91 Å². The lowest BCUT2D eigenvalue weighted by atomic mass is 9.85. The Kier molecular flexibility index (Phi) is 4.70. The van der Waals surface area contributed by atoms with Crippen LogP contribution in [-0.4, -0.2) is 30.6 Å². The van der Waals surface area contributed by atoms with Crippen molar-refractivity contribution < 1.29 is 9.53 Å². The maximum atomic E-state index is 12.0. The van der Waals surface area contributed by atoms with Crippen molar-refractivity contribution in [2.45, 2.75) is 31.7 Å². The molecule has 1 saturated carbocycles. The van der Waals surface area contributed by atoms with Crippen LogP contribution in [0.2, 0.25) is 0 Å². The van der Waals surface area contributed by atoms with Gasteiger partial charge in [-0.1, -0.05) is 18.9 Å².